The van der Waals surface area contributed by atoms with Crippen LogP contribution >= 0.6 is 0 Å². The first-order chi connectivity index (χ1) is 7.63. The highest BCUT2D eigenvalue weighted by Gasteiger charge is 1.93. The van der Waals surface area contributed by atoms with Crippen molar-refractivity contribution < 1.29 is 19.1 Å². The molecule has 0 aliphatic heterocycles. The molecule has 0 rings (SSSR count). The third-order valence-corrected chi connectivity index (χ3v) is 1.46. The maximum absolute atomic E-state index is 10.2. The number of carbonyl (C=O) groups is 2. The van der Waals surface area contributed by atoms with E-state index in [0.717, 1.165) is 0 Å². The zero-order valence-corrected chi connectivity index (χ0v) is 9.03. The van der Waals surface area contributed by atoms with E-state index in [2.05, 4.69) is 10.6 Å². The van der Waals surface area contributed by atoms with Crippen LogP contribution in [0.3, 0.4) is 0 Å². The first-order valence-electron chi connectivity index (χ1n) is 4.85. The van der Waals surface area contributed by atoms with E-state index in [1.807, 2.05) is 0 Å². The van der Waals surface area contributed by atoms with E-state index >= 15 is 0 Å². The highest BCUT2D eigenvalue weighted by atomic mass is 16.5. The van der Waals surface area contributed by atoms with Gasteiger partial charge in [0, 0.05) is 13.1 Å². The molecule has 4 amide bonds. The van der Waals surface area contributed by atoms with Crippen LogP contribution in [0, 0.1) is 0 Å². The van der Waals surface area contributed by atoms with Crippen molar-refractivity contribution in [3.05, 3.63) is 0 Å². The third-order valence-electron chi connectivity index (χ3n) is 1.46. The van der Waals surface area contributed by atoms with Gasteiger partial charge in [0.2, 0.25) is 0 Å². The second kappa shape index (κ2) is 9.99. The Morgan fingerprint density at radius 3 is 1.50 bits per heavy atom. The summed E-state index contributed by atoms with van der Waals surface area (Å²) in [6.07, 6.45) is 0. The second-order valence-corrected chi connectivity index (χ2v) is 2.81. The van der Waals surface area contributed by atoms with Crippen LogP contribution in [0.5, 0.6) is 0 Å². The molecule has 8 nitrogen and oxygen atoms in total. The fraction of sp³-hybridized carbons (Fsp3) is 0.750. The van der Waals surface area contributed by atoms with Gasteiger partial charge in [0.25, 0.3) is 0 Å². The number of nitrogens with one attached hydrogen (secondary N) is 2. The van der Waals surface area contributed by atoms with Crippen LogP contribution in [0.2, 0.25) is 0 Å². The Hall–Kier alpha value is -1.54. The fourth-order valence-corrected chi connectivity index (χ4v) is 0.815. The molecule has 0 aliphatic rings. The van der Waals surface area contributed by atoms with Gasteiger partial charge in [0.1, 0.15) is 0 Å². The summed E-state index contributed by atoms with van der Waals surface area (Å²) in [7, 11) is 0. The quantitative estimate of drug-likeness (QED) is 0.356. The van der Waals surface area contributed by atoms with Crippen molar-refractivity contribution >= 4 is 12.1 Å². The molecule has 8 heteroatoms. The van der Waals surface area contributed by atoms with Gasteiger partial charge in [0.15, 0.2) is 0 Å². The molecule has 94 valence electrons. The maximum Gasteiger partial charge on any atom is 0.312 e. The zero-order valence-electron chi connectivity index (χ0n) is 9.03. The van der Waals surface area contributed by atoms with Crippen molar-refractivity contribution in [3.63, 3.8) is 0 Å². The number of ether oxygens (including phenoxy) is 2. The Kier molecular flexibility index (Phi) is 9.03. The summed E-state index contributed by atoms with van der Waals surface area (Å²) >= 11 is 0. The van der Waals surface area contributed by atoms with Crippen molar-refractivity contribution in [2.24, 2.45) is 11.5 Å². The molecule has 16 heavy (non-hydrogen) atoms. The molecule has 0 bridgehead atoms. The molecule has 6 N–H and O–H groups in total. The van der Waals surface area contributed by atoms with Crippen molar-refractivity contribution in [3.8, 4) is 0 Å². The Morgan fingerprint density at radius 1 is 0.812 bits per heavy atom. The number of hydrogen-bond donors (Lipinski definition) is 4. The van der Waals surface area contributed by atoms with Crippen molar-refractivity contribution in [2.75, 3.05) is 39.5 Å². The maximum atomic E-state index is 10.2. The van der Waals surface area contributed by atoms with Crippen LogP contribution in [0.15, 0.2) is 0 Å². The topological polar surface area (TPSA) is 129 Å². The first kappa shape index (κ1) is 14.5. The first-order valence-corrected chi connectivity index (χ1v) is 4.85. The minimum absolute atomic E-state index is 0.374. The van der Waals surface area contributed by atoms with Crippen LogP contribution < -0.4 is 22.1 Å². The molecule has 0 aromatic rings. The van der Waals surface area contributed by atoms with Gasteiger partial charge in [-0.1, -0.05) is 0 Å². The Balaban J connectivity index is 2.98. The Bertz CT molecular complexity index is 190. The largest absolute Gasteiger partial charge is 0.377 e. The normalized spacial score (nSPS) is 9.75. The minimum Gasteiger partial charge on any atom is -0.377 e. The number of rotatable bonds is 9. The molecule has 0 heterocycles. The molecule has 0 saturated carbocycles. The van der Waals surface area contributed by atoms with Gasteiger partial charge in [-0.25, -0.2) is 9.59 Å². The molecule has 0 fully saturated rings. The predicted molar refractivity (Wildman–Crippen MR) is 56.8 cm³/mol. The van der Waals surface area contributed by atoms with Crippen LogP contribution in [-0.2, 0) is 9.47 Å². The lowest BCUT2D eigenvalue weighted by molar-refractivity contribution is 0.0511. The lowest BCUT2D eigenvalue weighted by Gasteiger charge is -2.06. The fourth-order valence-electron chi connectivity index (χ4n) is 0.815. The van der Waals surface area contributed by atoms with E-state index in [-0.39, 0.29) is 0 Å². The molecule has 0 aromatic carbocycles. The van der Waals surface area contributed by atoms with E-state index < -0.39 is 12.1 Å². The van der Waals surface area contributed by atoms with Gasteiger partial charge in [0.05, 0.1) is 26.4 Å². The summed E-state index contributed by atoms with van der Waals surface area (Å²) in [4.78, 5) is 20.5. The summed E-state index contributed by atoms with van der Waals surface area (Å²) in [5.74, 6) is 0. The molecular formula is C8H18N4O4. The van der Waals surface area contributed by atoms with Crippen LogP contribution in [-0.4, -0.2) is 51.6 Å². The summed E-state index contributed by atoms with van der Waals surface area (Å²) in [5.41, 5.74) is 9.68. The number of hydrogen-bond acceptors (Lipinski definition) is 4. The lowest BCUT2D eigenvalue weighted by atomic mass is 10.6. The standard InChI is InChI=1S/C8H18N4O4/c9-7(13)11-1-3-15-5-6-16-4-2-12-8(10)14/h1-6H2,(H3,9,11,13)(H3,10,12,14). The summed E-state index contributed by atoms with van der Waals surface area (Å²) < 4.78 is 10.2. The number of amides is 4. The molecule has 0 unspecified atom stereocenters. The highest BCUT2D eigenvalue weighted by Crippen LogP contribution is 1.77. The summed E-state index contributed by atoms with van der Waals surface area (Å²) in [6, 6.07) is -1.14. The molecule has 0 saturated heterocycles. The van der Waals surface area contributed by atoms with E-state index in [4.69, 9.17) is 20.9 Å². The molecule has 0 aliphatic carbocycles. The summed E-state index contributed by atoms with van der Waals surface area (Å²) in [5, 5.41) is 4.76. The second-order valence-electron chi connectivity index (χ2n) is 2.81. The molecule has 0 spiro atoms. The SMILES string of the molecule is NC(=O)NCCOCCOCCNC(N)=O. The number of primary amides is 2. The van der Waals surface area contributed by atoms with E-state index in [1.165, 1.54) is 0 Å². The van der Waals surface area contributed by atoms with Gasteiger partial charge in [-0.3, -0.25) is 0 Å². The van der Waals surface area contributed by atoms with Gasteiger partial charge in [-0.15, -0.1) is 0 Å². The van der Waals surface area contributed by atoms with E-state index in [0.29, 0.717) is 39.5 Å². The average molecular weight is 234 g/mol. The van der Waals surface area contributed by atoms with Crippen molar-refractivity contribution in [1.29, 1.82) is 0 Å². The van der Waals surface area contributed by atoms with Gasteiger partial charge < -0.3 is 31.6 Å². The van der Waals surface area contributed by atoms with Crippen molar-refractivity contribution in [2.45, 2.75) is 0 Å². The van der Waals surface area contributed by atoms with Crippen molar-refractivity contribution in [1.82, 2.24) is 10.6 Å². The van der Waals surface area contributed by atoms with Crippen LogP contribution in [0.25, 0.3) is 0 Å². The smallest absolute Gasteiger partial charge is 0.312 e. The van der Waals surface area contributed by atoms with Crippen LogP contribution in [0.1, 0.15) is 0 Å². The predicted octanol–water partition coefficient (Wildman–Crippen LogP) is -1.64. The molecular weight excluding hydrogens is 216 g/mol. The summed E-state index contributed by atoms with van der Waals surface area (Å²) in [6.45, 7) is 2.34. The monoisotopic (exact) mass is 234 g/mol. The lowest BCUT2D eigenvalue weighted by Crippen LogP contribution is -2.33. The van der Waals surface area contributed by atoms with Gasteiger partial charge >= 0.3 is 12.1 Å². The molecule has 0 atom stereocenters. The third kappa shape index (κ3) is 12.5. The number of carbonyl (C=O) groups excluding carboxylic acids is 2. The van der Waals surface area contributed by atoms with E-state index in [1.54, 1.807) is 0 Å². The van der Waals surface area contributed by atoms with Gasteiger partial charge in [-0.05, 0) is 0 Å². The molecule has 0 aromatic heterocycles. The minimum atomic E-state index is -0.572. The average Bonchev–Trinajstić information content (AvgIpc) is 2.20. The zero-order chi connectivity index (χ0) is 12.2. The van der Waals surface area contributed by atoms with Gasteiger partial charge in [-0.2, -0.15) is 0 Å². The Labute approximate surface area is 93.6 Å². The Morgan fingerprint density at radius 2 is 1.19 bits per heavy atom. The van der Waals surface area contributed by atoms with E-state index in [9.17, 15) is 9.59 Å². The van der Waals surface area contributed by atoms with Crippen LogP contribution in [0.4, 0.5) is 9.59 Å². The highest BCUT2D eigenvalue weighted by molar-refractivity contribution is 5.71. The molecule has 0 radical (unpaired) electrons. The number of nitrogens with two attached hydrogens (primary N) is 2. The number of urea groups is 2.